The molecule has 1 aromatic carbocycles. The molecule has 0 bridgehead atoms. The van der Waals surface area contributed by atoms with E-state index >= 15 is 0 Å². The molecule has 1 aromatic rings. The van der Waals surface area contributed by atoms with E-state index in [0.717, 1.165) is 15.7 Å². The number of halogens is 1. The highest BCUT2D eigenvalue weighted by Crippen LogP contribution is 2.26. The summed E-state index contributed by atoms with van der Waals surface area (Å²) in [5.74, 6) is 0.746. The number of carbonyl (C=O) groups excluding carboxylic acids is 1. The summed E-state index contributed by atoms with van der Waals surface area (Å²) in [4.78, 5) is 12.1. The van der Waals surface area contributed by atoms with Gasteiger partial charge in [0.15, 0.2) is 0 Å². The van der Waals surface area contributed by atoms with Gasteiger partial charge in [-0.3, -0.25) is 4.79 Å². The van der Waals surface area contributed by atoms with Gasteiger partial charge < -0.3 is 5.32 Å². The minimum absolute atomic E-state index is 0.164. The Kier molecular flexibility index (Phi) is 5.44. The van der Waals surface area contributed by atoms with Gasteiger partial charge in [0.05, 0.1) is 0 Å². The van der Waals surface area contributed by atoms with Crippen LogP contribution < -0.4 is 5.32 Å². The standard InChI is InChI=1S/C16H22BrNO/c1-12-10-14(17)8-9-15(12)18-16(19)11-13-6-4-2-3-5-7-13/h8-10,13H,2-7,11H2,1H3,(H,18,19). The van der Waals surface area contributed by atoms with Crippen LogP contribution in [0.1, 0.15) is 50.5 Å². The molecule has 3 heteroatoms. The maximum atomic E-state index is 12.1. The Morgan fingerprint density at radius 2 is 1.95 bits per heavy atom. The van der Waals surface area contributed by atoms with Gasteiger partial charge in [-0.15, -0.1) is 0 Å². The number of carbonyl (C=O) groups is 1. The second-order valence-corrected chi connectivity index (χ2v) is 6.48. The van der Waals surface area contributed by atoms with Crippen molar-refractivity contribution >= 4 is 27.5 Å². The van der Waals surface area contributed by atoms with Crippen LogP contribution in [-0.4, -0.2) is 5.91 Å². The molecule has 1 fully saturated rings. The molecule has 0 atom stereocenters. The Labute approximate surface area is 124 Å². The average Bonchev–Trinajstić information content (AvgIpc) is 2.61. The maximum Gasteiger partial charge on any atom is 0.224 e. The van der Waals surface area contributed by atoms with Gasteiger partial charge in [0.2, 0.25) is 5.91 Å². The third kappa shape index (κ3) is 4.64. The van der Waals surface area contributed by atoms with Gasteiger partial charge >= 0.3 is 0 Å². The first-order valence-electron chi connectivity index (χ1n) is 7.21. The van der Waals surface area contributed by atoms with Gasteiger partial charge in [-0.2, -0.15) is 0 Å². The fourth-order valence-corrected chi connectivity index (χ4v) is 3.27. The van der Waals surface area contributed by atoms with Crippen LogP contribution in [0.3, 0.4) is 0 Å². The van der Waals surface area contributed by atoms with Crippen molar-refractivity contribution in [1.29, 1.82) is 0 Å². The monoisotopic (exact) mass is 323 g/mol. The highest BCUT2D eigenvalue weighted by atomic mass is 79.9. The number of aryl methyl sites for hydroxylation is 1. The zero-order valence-electron chi connectivity index (χ0n) is 11.5. The van der Waals surface area contributed by atoms with E-state index in [4.69, 9.17) is 0 Å². The van der Waals surface area contributed by atoms with Crippen LogP contribution in [0.15, 0.2) is 22.7 Å². The van der Waals surface area contributed by atoms with Crippen LogP contribution in [-0.2, 0) is 4.79 Å². The number of anilines is 1. The SMILES string of the molecule is Cc1cc(Br)ccc1NC(=O)CC1CCCCCC1. The lowest BCUT2D eigenvalue weighted by molar-refractivity contribution is -0.117. The molecule has 1 amide bonds. The van der Waals surface area contributed by atoms with Gasteiger partial charge in [-0.25, -0.2) is 0 Å². The molecule has 1 aliphatic carbocycles. The Morgan fingerprint density at radius 3 is 2.58 bits per heavy atom. The first-order chi connectivity index (χ1) is 9.15. The molecule has 1 aliphatic rings. The Morgan fingerprint density at radius 1 is 1.26 bits per heavy atom. The summed E-state index contributed by atoms with van der Waals surface area (Å²) in [5.41, 5.74) is 2.03. The van der Waals surface area contributed by atoms with E-state index in [1.807, 2.05) is 25.1 Å². The molecule has 0 unspecified atom stereocenters. The van der Waals surface area contributed by atoms with Crippen LogP contribution in [0.4, 0.5) is 5.69 Å². The Bertz CT molecular complexity index is 436. The molecule has 19 heavy (non-hydrogen) atoms. The van der Waals surface area contributed by atoms with E-state index in [1.54, 1.807) is 0 Å². The van der Waals surface area contributed by atoms with Crippen LogP contribution in [0.25, 0.3) is 0 Å². The van der Waals surface area contributed by atoms with E-state index in [-0.39, 0.29) is 5.91 Å². The van der Waals surface area contributed by atoms with Crippen molar-refractivity contribution in [3.8, 4) is 0 Å². The third-order valence-corrected chi connectivity index (χ3v) is 4.40. The predicted molar refractivity (Wildman–Crippen MR) is 83.3 cm³/mol. The van der Waals surface area contributed by atoms with Crippen molar-refractivity contribution in [3.63, 3.8) is 0 Å². The van der Waals surface area contributed by atoms with Crippen molar-refractivity contribution in [2.45, 2.75) is 51.9 Å². The van der Waals surface area contributed by atoms with Gasteiger partial charge in [-0.1, -0.05) is 41.6 Å². The number of rotatable bonds is 3. The summed E-state index contributed by atoms with van der Waals surface area (Å²) in [5, 5.41) is 3.05. The Balaban J connectivity index is 1.89. The molecule has 2 nitrogen and oxygen atoms in total. The predicted octanol–water partition coefficient (Wildman–Crippen LogP) is 5.06. The number of benzene rings is 1. The fourth-order valence-electron chi connectivity index (χ4n) is 2.80. The zero-order chi connectivity index (χ0) is 13.7. The number of hydrogen-bond acceptors (Lipinski definition) is 1. The van der Waals surface area contributed by atoms with Gasteiger partial charge in [-0.05, 0) is 49.4 Å². The molecule has 0 spiro atoms. The summed E-state index contributed by atoms with van der Waals surface area (Å²) in [7, 11) is 0. The average molecular weight is 324 g/mol. The smallest absolute Gasteiger partial charge is 0.224 e. The Hall–Kier alpha value is -0.830. The van der Waals surface area contributed by atoms with Crippen LogP contribution in [0, 0.1) is 12.8 Å². The van der Waals surface area contributed by atoms with E-state index < -0.39 is 0 Å². The molecule has 2 rings (SSSR count). The zero-order valence-corrected chi connectivity index (χ0v) is 13.1. The summed E-state index contributed by atoms with van der Waals surface area (Å²) in [6.07, 6.45) is 8.35. The van der Waals surface area contributed by atoms with Crippen LogP contribution in [0.2, 0.25) is 0 Å². The first kappa shape index (κ1) is 14.6. The van der Waals surface area contributed by atoms with Crippen molar-refractivity contribution in [1.82, 2.24) is 0 Å². The van der Waals surface area contributed by atoms with Gasteiger partial charge in [0, 0.05) is 16.6 Å². The van der Waals surface area contributed by atoms with E-state index in [9.17, 15) is 4.79 Å². The number of amides is 1. The first-order valence-corrected chi connectivity index (χ1v) is 8.00. The second-order valence-electron chi connectivity index (χ2n) is 5.57. The molecule has 0 aromatic heterocycles. The molecular weight excluding hydrogens is 302 g/mol. The second kappa shape index (κ2) is 7.09. The molecule has 0 heterocycles. The van der Waals surface area contributed by atoms with Gasteiger partial charge in [0.1, 0.15) is 0 Å². The van der Waals surface area contributed by atoms with Gasteiger partial charge in [0.25, 0.3) is 0 Å². The minimum Gasteiger partial charge on any atom is -0.326 e. The molecule has 0 saturated heterocycles. The van der Waals surface area contributed by atoms with Crippen molar-refractivity contribution in [3.05, 3.63) is 28.2 Å². The van der Waals surface area contributed by atoms with E-state index in [2.05, 4.69) is 21.2 Å². The lowest BCUT2D eigenvalue weighted by atomic mass is 9.96. The van der Waals surface area contributed by atoms with Crippen molar-refractivity contribution < 1.29 is 4.79 Å². The van der Waals surface area contributed by atoms with E-state index in [0.29, 0.717) is 12.3 Å². The largest absolute Gasteiger partial charge is 0.326 e. The molecule has 0 aliphatic heterocycles. The fraction of sp³-hybridized carbons (Fsp3) is 0.562. The molecule has 1 N–H and O–H groups in total. The number of nitrogens with one attached hydrogen (secondary N) is 1. The molecule has 0 radical (unpaired) electrons. The minimum atomic E-state index is 0.164. The maximum absolute atomic E-state index is 12.1. The van der Waals surface area contributed by atoms with Crippen molar-refractivity contribution in [2.75, 3.05) is 5.32 Å². The topological polar surface area (TPSA) is 29.1 Å². The molecule has 1 saturated carbocycles. The van der Waals surface area contributed by atoms with Crippen LogP contribution in [0.5, 0.6) is 0 Å². The summed E-state index contributed by atoms with van der Waals surface area (Å²) >= 11 is 3.44. The summed E-state index contributed by atoms with van der Waals surface area (Å²) in [6.45, 7) is 2.02. The normalized spacial score (nSPS) is 16.9. The highest BCUT2D eigenvalue weighted by Gasteiger charge is 2.16. The molecular formula is C16H22BrNO. The quantitative estimate of drug-likeness (QED) is 0.774. The summed E-state index contributed by atoms with van der Waals surface area (Å²) < 4.78 is 1.05. The highest BCUT2D eigenvalue weighted by molar-refractivity contribution is 9.10. The summed E-state index contributed by atoms with van der Waals surface area (Å²) in [6, 6.07) is 5.96. The molecule has 104 valence electrons. The lowest BCUT2D eigenvalue weighted by Gasteiger charge is -2.14. The lowest BCUT2D eigenvalue weighted by Crippen LogP contribution is -2.17. The van der Waals surface area contributed by atoms with Crippen molar-refractivity contribution in [2.24, 2.45) is 5.92 Å². The third-order valence-electron chi connectivity index (χ3n) is 3.91. The number of hydrogen-bond donors (Lipinski definition) is 1. The van der Waals surface area contributed by atoms with E-state index in [1.165, 1.54) is 38.5 Å². The van der Waals surface area contributed by atoms with Crippen LogP contribution >= 0.6 is 15.9 Å².